The lowest BCUT2D eigenvalue weighted by atomic mass is 10.2. The molecule has 0 aliphatic heterocycles. The summed E-state index contributed by atoms with van der Waals surface area (Å²) in [6.45, 7) is 0. The van der Waals surface area contributed by atoms with E-state index in [1.54, 1.807) is 12.1 Å². The smallest absolute Gasteiger partial charge is 0.357 e. The van der Waals surface area contributed by atoms with Crippen molar-refractivity contribution < 1.29 is 18.8 Å². The van der Waals surface area contributed by atoms with Crippen LogP contribution in [0.25, 0.3) is 11.0 Å². The van der Waals surface area contributed by atoms with Crippen LogP contribution in [0, 0.1) is 0 Å². The van der Waals surface area contributed by atoms with E-state index in [1.165, 1.54) is 12.1 Å². The lowest BCUT2D eigenvalue weighted by Gasteiger charge is -2.05. The summed E-state index contributed by atoms with van der Waals surface area (Å²) in [5, 5.41) is -0.0419. The van der Waals surface area contributed by atoms with Gasteiger partial charge in [0, 0.05) is 11.5 Å². The number of hydrogen-bond donors (Lipinski definition) is 2. The maximum atomic E-state index is 11.1. The molecule has 6 heteroatoms. The Hall–Kier alpha value is -1.42. The normalized spacial score (nSPS) is 11.9. The molecular weight excluding hydrogens is 219 g/mol. The first kappa shape index (κ1) is 10.1. The van der Waals surface area contributed by atoms with Crippen molar-refractivity contribution in [2.45, 2.75) is 0 Å². The van der Waals surface area contributed by atoms with E-state index < -0.39 is 13.2 Å². The van der Waals surface area contributed by atoms with Crippen molar-refractivity contribution in [2.75, 3.05) is 0 Å². The van der Waals surface area contributed by atoms with Crippen LogP contribution in [-0.2, 0) is 4.57 Å². The first-order chi connectivity index (χ1) is 6.98. The predicted octanol–water partition coefficient (Wildman–Crippen LogP) is 0.596. The van der Waals surface area contributed by atoms with Gasteiger partial charge in [-0.1, -0.05) is 18.2 Å². The standard InChI is InChI=1S/C9H7O5P/c10-9-5-8(15(11,12)13)6-3-1-2-4-7(6)14-9/h1-5H,(H2,11,12,13). The van der Waals surface area contributed by atoms with Crippen molar-refractivity contribution in [3.05, 3.63) is 40.8 Å². The molecule has 0 aliphatic carbocycles. The monoisotopic (exact) mass is 226 g/mol. The van der Waals surface area contributed by atoms with Gasteiger partial charge in [-0.3, -0.25) is 4.57 Å². The van der Waals surface area contributed by atoms with Gasteiger partial charge < -0.3 is 14.2 Å². The minimum absolute atomic E-state index is 0.170. The molecule has 0 radical (unpaired) electrons. The third-order valence-electron chi connectivity index (χ3n) is 1.94. The molecule has 0 bridgehead atoms. The fourth-order valence-electron chi connectivity index (χ4n) is 1.34. The highest BCUT2D eigenvalue weighted by Crippen LogP contribution is 2.35. The van der Waals surface area contributed by atoms with Crippen molar-refractivity contribution in [3.8, 4) is 0 Å². The van der Waals surface area contributed by atoms with Crippen LogP contribution >= 0.6 is 7.60 Å². The second-order valence-electron chi connectivity index (χ2n) is 2.99. The SMILES string of the molecule is O=c1cc(P(=O)(O)O)c2ccccc2o1. The molecular formula is C9H7O5P. The van der Waals surface area contributed by atoms with Crippen LogP contribution in [0.2, 0.25) is 0 Å². The molecule has 2 rings (SSSR count). The number of para-hydroxylation sites is 1. The molecule has 0 saturated carbocycles. The first-order valence-electron chi connectivity index (χ1n) is 4.07. The summed E-state index contributed by atoms with van der Waals surface area (Å²) in [5.41, 5.74) is -0.602. The second-order valence-corrected chi connectivity index (χ2v) is 4.56. The van der Waals surface area contributed by atoms with E-state index in [0.717, 1.165) is 6.07 Å². The van der Waals surface area contributed by atoms with Crippen molar-refractivity contribution in [3.63, 3.8) is 0 Å². The molecule has 78 valence electrons. The maximum absolute atomic E-state index is 11.1. The zero-order valence-corrected chi connectivity index (χ0v) is 8.35. The largest absolute Gasteiger partial charge is 0.423 e. The van der Waals surface area contributed by atoms with Gasteiger partial charge in [-0.05, 0) is 6.07 Å². The van der Waals surface area contributed by atoms with Crippen LogP contribution < -0.4 is 10.9 Å². The van der Waals surface area contributed by atoms with E-state index in [0.29, 0.717) is 0 Å². The summed E-state index contributed by atoms with van der Waals surface area (Å²) in [5.74, 6) is 0. The van der Waals surface area contributed by atoms with Crippen LogP contribution in [0.5, 0.6) is 0 Å². The molecule has 1 aromatic heterocycles. The van der Waals surface area contributed by atoms with Gasteiger partial charge in [-0.2, -0.15) is 0 Å². The molecule has 2 N–H and O–H groups in total. The fourth-order valence-corrected chi connectivity index (χ4v) is 2.11. The molecule has 0 unspecified atom stereocenters. The van der Waals surface area contributed by atoms with Gasteiger partial charge in [0.05, 0.1) is 5.30 Å². The highest BCUT2D eigenvalue weighted by molar-refractivity contribution is 7.60. The Morgan fingerprint density at radius 3 is 2.53 bits per heavy atom. The van der Waals surface area contributed by atoms with Gasteiger partial charge in [-0.25, -0.2) is 4.79 Å². The molecule has 0 spiro atoms. The van der Waals surface area contributed by atoms with Crippen molar-refractivity contribution in [1.82, 2.24) is 0 Å². The third-order valence-corrected chi connectivity index (χ3v) is 2.94. The van der Waals surface area contributed by atoms with Gasteiger partial charge in [0.15, 0.2) is 0 Å². The van der Waals surface area contributed by atoms with E-state index in [-0.39, 0.29) is 16.3 Å². The highest BCUT2D eigenvalue weighted by Gasteiger charge is 2.21. The molecule has 0 saturated heterocycles. The van der Waals surface area contributed by atoms with Crippen LogP contribution in [-0.4, -0.2) is 9.79 Å². The minimum Gasteiger partial charge on any atom is -0.423 e. The van der Waals surface area contributed by atoms with Gasteiger partial charge in [0.25, 0.3) is 0 Å². The number of benzene rings is 1. The van der Waals surface area contributed by atoms with Crippen LogP contribution in [0.1, 0.15) is 0 Å². The molecule has 5 nitrogen and oxygen atoms in total. The summed E-state index contributed by atoms with van der Waals surface area (Å²) < 4.78 is 15.9. The molecule has 1 aromatic carbocycles. The zero-order chi connectivity index (χ0) is 11.1. The van der Waals surface area contributed by atoms with Crippen LogP contribution in [0.15, 0.2) is 39.5 Å². The van der Waals surface area contributed by atoms with Gasteiger partial charge >= 0.3 is 13.2 Å². The Morgan fingerprint density at radius 1 is 1.20 bits per heavy atom. The van der Waals surface area contributed by atoms with Crippen molar-refractivity contribution in [1.29, 1.82) is 0 Å². The quantitative estimate of drug-likeness (QED) is 0.549. The zero-order valence-electron chi connectivity index (χ0n) is 7.45. The average Bonchev–Trinajstić information content (AvgIpc) is 2.15. The van der Waals surface area contributed by atoms with Gasteiger partial charge in [0.2, 0.25) is 0 Å². The topological polar surface area (TPSA) is 87.7 Å². The summed E-state index contributed by atoms with van der Waals surface area (Å²) in [6.07, 6.45) is 0. The Kier molecular flexibility index (Phi) is 2.23. The average molecular weight is 226 g/mol. The van der Waals surface area contributed by atoms with Gasteiger partial charge in [0.1, 0.15) is 5.58 Å². The van der Waals surface area contributed by atoms with E-state index in [9.17, 15) is 9.36 Å². The summed E-state index contributed by atoms with van der Waals surface area (Å²) >= 11 is 0. The molecule has 15 heavy (non-hydrogen) atoms. The van der Waals surface area contributed by atoms with E-state index in [4.69, 9.17) is 14.2 Å². The molecule has 0 amide bonds. The Bertz CT molecular complexity index is 609. The molecule has 1 heterocycles. The highest BCUT2D eigenvalue weighted by atomic mass is 31.2. The lowest BCUT2D eigenvalue weighted by Crippen LogP contribution is -2.12. The molecule has 0 fully saturated rings. The third kappa shape index (κ3) is 1.85. The molecule has 2 aromatic rings. The number of rotatable bonds is 1. The fraction of sp³-hybridized carbons (Fsp3) is 0. The maximum Gasteiger partial charge on any atom is 0.357 e. The van der Waals surface area contributed by atoms with E-state index >= 15 is 0 Å². The summed E-state index contributed by atoms with van der Waals surface area (Å²) in [6, 6.07) is 7.03. The van der Waals surface area contributed by atoms with Gasteiger partial charge in [-0.15, -0.1) is 0 Å². The number of fused-ring (bicyclic) bond motifs is 1. The molecule has 0 aliphatic rings. The Balaban J connectivity index is 2.96. The van der Waals surface area contributed by atoms with Crippen LogP contribution in [0.4, 0.5) is 0 Å². The number of hydrogen-bond acceptors (Lipinski definition) is 3. The van der Waals surface area contributed by atoms with Crippen LogP contribution in [0.3, 0.4) is 0 Å². The Labute approximate surface area is 84.1 Å². The lowest BCUT2D eigenvalue weighted by molar-refractivity contribution is 0.387. The minimum atomic E-state index is -4.45. The first-order valence-corrected chi connectivity index (χ1v) is 5.69. The van der Waals surface area contributed by atoms with E-state index in [2.05, 4.69) is 0 Å². The Morgan fingerprint density at radius 2 is 1.87 bits per heavy atom. The van der Waals surface area contributed by atoms with E-state index in [1.807, 2.05) is 0 Å². The predicted molar refractivity (Wildman–Crippen MR) is 54.2 cm³/mol. The van der Waals surface area contributed by atoms with Crippen molar-refractivity contribution in [2.24, 2.45) is 0 Å². The van der Waals surface area contributed by atoms with Crippen molar-refractivity contribution >= 4 is 23.9 Å². The molecule has 0 atom stereocenters. The summed E-state index contributed by atoms with van der Waals surface area (Å²) in [4.78, 5) is 29.1. The summed E-state index contributed by atoms with van der Waals surface area (Å²) in [7, 11) is -4.45. The second kappa shape index (κ2) is 3.31.